The SMILES string of the molecule is Cc1ccccc1CCC(=O)NC(N)=O. The molecule has 1 aromatic rings. The van der Waals surface area contributed by atoms with Gasteiger partial charge in [-0.3, -0.25) is 10.1 Å². The third-order valence-electron chi connectivity index (χ3n) is 2.15. The molecule has 0 aliphatic rings. The first kappa shape index (κ1) is 11.2. The number of urea groups is 1. The van der Waals surface area contributed by atoms with Gasteiger partial charge in [0.25, 0.3) is 0 Å². The fourth-order valence-corrected chi connectivity index (χ4v) is 1.34. The van der Waals surface area contributed by atoms with Crippen molar-refractivity contribution in [2.75, 3.05) is 0 Å². The van der Waals surface area contributed by atoms with Crippen LogP contribution in [0.3, 0.4) is 0 Å². The molecule has 3 amide bonds. The number of benzene rings is 1. The van der Waals surface area contributed by atoms with E-state index in [0.29, 0.717) is 6.42 Å². The maximum absolute atomic E-state index is 11.1. The van der Waals surface area contributed by atoms with Crippen LogP contribution in [0.25, 0.3) is 0 Å². The Morgan fingerprint density at radius 2 is 2.00 bits per heavy atom. The van der Waals surface area contributed by atoms with Crippen molar-refractivity contribution in [1.29, 1.82) is 0 Å². The van der Waals surface area contributed by atoms with Crippen LogP contribution in [0.4, 0.5) is 4.79 Å². The highest BCUT2D eigenvalue weighted by atomic mass is 16.2. The fourth-order valence-electron chi connectivity index (χ4n) is 1.34. The Kier molecular flexibility index (Phi) is 3.85. The fraction of sp³-hybridized carbons (Fsp3) is 0.273. The molecule has 0 heterocycles. The Labute approximate surface area is 88.5 Å². The van der Waals surface area contributed by atoms with Crippen LogP contribution in [0, 0.1) is 6.92 Å². The van der Waals surface area contributed by atoms with Crippen LogP contribution in [-0.4, -0.2) is 11.9 Å². The minimum absolute atomic E-state index is 0.272. The molecule has 0 saturated heterocycles. The van der Waals surface area contributed by atoms with E-state index < -0.39 is 6.03 Å². The first-order valence-electron chi connectivity index (χ1n) is 4.73. The lowest BCUT2D eigenvalue weighted by Crippen LogP contribution is -2.35. The van der Waals surface area contributed by atoms with Gasteiger partial charge in [-0.05, 0) is 24.5 Å². The molecule has 15 heavy (non-hydrogen) atoms. The van der Waals surface area contributed by atoms with Gasteiger partial charge in [-0.25, -0.2) is 4.79 Å². The van der Waals surface area contributed by atoms with Crippen molar-refractivity contribution in [2.45, 2.75) is 19.8 Å². The number of primary amides is 1. The standard InChI is InChI=1S/C11H14N2O2/c1-8-4-2-3-5-9(8)6-7-10(14)13-11(12)15/h2-5H,6-7H2,1H3,(H3,12,13,14,15). The smallest absolute Gasteiger partial charge is 0.318 e. The summed E-state index contributed by atoms with van der Waals surface area (Å²) >= 11 is 0. The molecule has 1 rings (SSSR count). The molecule has 0 saturated carbocycles. The minimum atomic E-state index is -0.801. The third kappa shape index (κ3) is 3.81. The number of nitrogens with two attached hydrogens (primary N) is 1. The number of hydrogen-bond donors (Lipinski definition) is 2. The van der Waals surface area contributed by atoms with Gasteiger partial charge in [0, 0.05) is 6.42 Å². The van der Waals surface area contributed by atoms with E-state index in [1.54, 1.807) is 0 Å². The highest BCUT2D eigenvalue weighted by Gasteiger charge is 2.05. The van der Waals surface area contributed by atoms with Crippen LogP contribution in [-0.2, 0) is 11.2 Å². The second-order valence-corrected chi connectivity index (χ2v) is 3.34. The van der Waals surface area contributed by atoms with E-state index in [-0.39, 0.29) is 12.3 Å². The van der Waals surface area contributed by atoms with Crippen molar-refractivity contribution in [3.63, 3.8) is 0 Å². The zero-order valence-corrected chi connectivity index (χ0v) is 8.62. The van der Waals surface area contributed by atoms with Crippen LogP contribution in [0.1, 0.15) is 17.5 Å². The van der Waals surface area contributed by atoms with Crippen molar-refractivity contribution in [3.8, 4) is 0 Å². The Morgan fingerprint density at radius 3 is 2.60 bits per heavy atom. The predicted octanol–water partition coefficient (Wildman–Crippen LogP) is 1.12. The molecule has 1 aromatic carbocycles. The van der Waals surface area contributed by atoms with Crippen LogP contribution < -0.4 is 11.1 Å². The lowest BCUT2D eigenvalue weighted by molar-refractivity contribution is -0.119. The Bertz CT molecular complexity index is 375. The summed E-state index contributed by atoms with van der Waals surface area (Å²) in [5.41, 5.74) is 7.07. The average Bonchev–Trinajstić information content (AvgIpc) is 2.15. The number of carbonyl (C=O) groups is 2. The van der Waals surface area contributed by atoms with E-state index >= 15 is 0 Å². The van der Waals surface area contributed by atoms with E-state index in [1.165, 1.54) is 0 Å². The van der Waals surface area contributed by atoms with E-state index in [0.717, 1.165) is 11.1 Å². The van der Waals surface area contributed by atoms with Gasteiger partial charge in [0.2, 0.25) is 5.91 Å². The van der Waals surface area contributed by atoms with Crippen molar-refractivity contribution in [2.24, 2.45) is 5.73 Å². The number of carbonyl (C=O) groups excluding carboxylic acids is 2. The van der Waals surface area contributed by atoms with E-state index in [9.17, 15) is 9.59 Å². The van der Waals surface area contributed by atoms with E-state index in [2.05, 4.69) is 0 Å². The molecule has 0 atom stereocenters. The number of hydrogen-bond acceptors (Lipinski definition) is 2. The molecule has 0 unspecified atom stereocenters. The molecule has 4 heteroatoms. The first-order chi connectivity index (χ1) is 7.09. The minimum Gasteiger partial charge on any atom is -0.351 e. The van der Waals surface area contributed by atoms with Crippen LogP contribution >= 0.6 is 0 Å². The summed E-state index contributed by atoms with van der Waals surface area (Å²) in [5.74, 6) is -0.342. The van der Waals surface area contributed by atoms with Crippen molar-refractivity contribution >= 4 is 11.9 Å². The molecule has 0 spiro atoms. The average molecular weight is 206 g/mol. The Balaban J connectivity index is 2.47. The second kappa shape index (κ2) is 5.14. The Morgan fingerprint density at radius 1 is 1.33 bits per heavy atom. The maximum atomic E-state index is 11.1. The zero-order chi connectivity index (χ0) is 11.3. The highest BCUT2D eigenvalue weighted by Crippen LogP contribution is 2.09. The third-order valence-corrected chi connectivity index (χ3v) is 2.15. The quantitative estimate of drug-likeness (QED) is 0.777. The van der Waals surface area contributed by atoms with Crippen LogP contribution in [0.2, 0.25) is 0 Å². The molecule has 3 N–H and O–H groups in total. The lowest BCUT2D eigenvalue weighted by atomic mass is 10.0. The van der Waals surface area contributed by atoms with Crippen LogP contribution in [0.15, 0.2) is 24.3 Å². The van der Waals surface area contributed by atoms with Gasteiger partial charge in [-0.2, -0.15) is 0 Å². The van der Waals surface area contributed by atoms with Gasteiger partial charge in [0.05, 0.1) is 0 Å². The topological polar surface area (TPSA) is 72.2 Å². The van der Waals surface area contributed by atoms with Crippen molar-refractivity contribution in [1.82, 2.24) is 5.32 Å². The molecule has 80 valence electrons. The summed E-state index contributed by atoms with van der Waals surface area (Å²) in [6.07, 6.45) is 0.888. The number of nitrogens with one attached hydrogen (secondary N) is 1. The summed E-state index contributed by atoms with van der Waals surface area (Å²) in [6, 6.07) is 7.02. The summed E-state index contributed by atoms with van der Waals surface area (Å²) in [6.45, 7) is 1.99. The molecule has 0 aliphatic carbocycles. The molecular formula is C11H14N2O2. The zero-order valence-electron chi connectivity index (χ0n) is 8.62. The summed E-state index contributed by atoms with van der Waals surface area (Å²) in [5, 5.41) is 2.03. The van der Waals surface area contributed by atoms with E-state index in [4.69, 9.17) is 5.73 Å². The summed E-state index contributed by atoms with van der Waals surface area (Å²) in [4.78, 5) is 21.5. The van der Waals surface area contributed by atoms with Gasteiger partial charge < -0.3 is 5.73 Å². The molecule has 0 radical (unpaired) electrons. The molecule has 4 nitrogen and oxygen atoms in total. The van der Waals surface area contributed by atoms with Gasteiger partial charge in [0.15, 0.2) is 0 Å². The molecule has 0 aromatic heterocycles. The van der Waals surface area contributed by atoms with Gasteiger partial charge >= 0.3 is 6.03 Å². The molecular weight excluding hydrogens is 192 g/mol. The first-order valence-corrected chi connectivity index (χ1v) is 4.73. The lowest BCUT2D eigenvalue weighted by Gasteiger charge is -2.04. The monoisotopic (exact) mass is 206 g/mol. The van der Waals surface area contributed by atoms with E-state index in [1.807, 2.05) is 36.5 Å². The molecule has 0 fully saturated rings. The molecule has 0 aliphatic heterocycles. The maximum Gasteiger partial charge on any atom is 0.318 e. The van der Waals surface area contributed by atoms with Crippen molar-refractivity contribution < 1.29 is 9.59 Å². The van der Waals surface area contributed by atoms with Gasteiger partial charge in [-0.1, -0.05) is 24.3 Å². The summed E-state index contributed by atoms with van der Waals surface area (Å²) < 4.78 is 0. The highest BCUT2D eigenvalue weighted by molar-refractivity contribution is 5.93. The van der Waals surface area contributed by atoms with Gasteiger partial charge in [0.1, 0.15) is 0 Å². The number of rotatable bonds is 3. The van der Waals surface area contributed by atoms with Crippen LogP contribution in [0.5, 0.6) is 0 Å². The number of amides is 3. The second-order valence-electron chi connectivity index (χ2n) is 3.34. The van der Waals surface area contributed by atoms with Gasteiger partial charge in [-0.15, -0.1) is 0 Å². The summed E-state index contributed by atoms with van der Waals surface area (Å²) in [7, 11) is 0. The predicted molar refractivity (Wildman–Crippen MR) is 57.2 cm³/mol. The van der Waals surface area contributed by atoms with Crippen molar-refractivity contribution in [3.05, 3.63) is 35.4 Å². The largest absolute Gasteiger partial charge is 0.351 e. The Hall–Kier alpha value is -1.84. The number of aryl methyl sites for hydroxylation is 2. The number of imide groups is 1. The normalized spacial score (nSPS) is 9.67. The molecule has 0 bridgehead atoms.